The van der Waals surface area contributed by atoms with Gasteiger partial charge in [-0.3, -0.25) is 10.8 Å². The van der Waals surface area contributed by atoms with E-state index in [2.05, 4.69) is 88.4 Å². The molecule has 0 unspecified atom stereocenters. The van der Waals surface area contributed by atoms with E-state index in [0.717, 1.165) is 17.5 Å². The zero-order valence-electron chi connectivity index (χ0n) is 21.0. The smallest absolute Gasteiger partial charge is 0.142 e. The molecule has 0 heterocycles. The maximum Gasteiger partial charge on any atom is 0.142 e. The van der Waals surface area contributed by atoms with Crippen molar-refractivity contribution in [3.8, 4) is 5.75 Å². The minimum Gasteiger partial charge on any atom is -0.505 e. The molecule has 0 aliphatic heterocycles. The van der Waals surface area contributed by atoms with Crippen molar-refractivity contribution in [3.63, 3.8) is 0 Å². The Morgan fingerprint density at radius 3 is 1.97 bits per heavy atom. The van der Waals surface area contributed by atoms with Crippen molar-refractivity contribution in [3.05, 3.63) is 119 Å². The summed E-state index contributed by atoms with van der Waals surface area (Å²) in [4.78, 5) is 0. The number of phenolic OH excluding ortho intramolecular Hbond substituents is 1. The summed E-state index contributed by atoms with van der Waals surface area (Å²) in [5.41, 5.74) is 11.0. The van der Waals surface area contributed by atoms with Gasteiger partial charge in [0.1, 0.15) is 5.75 Å². The Morgan fingerprint density at radius 1 is 0.771 bits per heavy atom. The molecular formula is C31H35N3O. The summed E-state index contributed by atoms with van der Waals surface area (Å²) in [7, 11) is 0. The maximum absolute atomic E-state index is 10.8. The number of nitrogens with two attached hydrogens (primary N) is 1. The molecule has 4 nitrogen and oxygen atoms in total. The second kappa shape index (κ2) is 10.6. The summed E-state index contributed by atoms with van der Waals surface area (Å²) < 4.78 is 0. The molecule has 35 heavy (non-hydrogen) atoms. The van der Waals surface area contributed by atoms with E-state index in [-0.39, 0.29) is 28.0 Å². The van der Waals surface area contributed by atoms with Crippen LogP contribution in [-0.4, -0.2) is 16.5 Å². The third kappa shape index (κ3) is 5.78. The maximum atomic E-state index is 10.8. The zero-order chi connectivity index (χ0) is 25.6. The number of nitrogen functional groups attached to an aromatic ring is 1. The number of aromatic hydroxyl groups is 1. The van der Waals surface area contributed by atoms with Gasteiger partial charge in [0, 0.05) is 16.4 Å². The number of hydrogen-bond donors (Lipinski definition) is 4. The normalized spacial score (nSPS) is 15.4. The molecule has 0 aromatic heterocycles. The van der Waals surface area contributed by atoms with Crippen LogP contribution < -0.4 is 5.73 Å². The number of allylic oxidation sites excluding steroid dienone is 10. The molecular weight excluding hydrogens is 430 g/mol. The third-order valence-electron chi connectivity index (χ3n) is 6.68. The summed E-state index contributed by atoms with van der Waals surface area (Å²) in [6.45, 7) is 8.67. The van der Waals surface area contributed by atoms with E-state index >= 15 is 0 Å². The van der Waals surface area contributed by atoms with E-state index in [1.807, 2.05) is 12.1 Å². The molecule has 0 spiro atoms. The molecule has 0 saturated carbocycles. The van der Waals surface area contributed by atoms with Crippen LogP contribution in [-0.2, 0) is 10.8 Å². The molecule has 0 fully saturated rings. The second-order valence-electron chi connectivity index (χ2n) is 9.81. The Labute approximate surface area is 208 Å². The highest BCUT2D eigenvalue weighted by Gasteiger charge is 2.32. The Kier molecular flexibility index (Phi) is 7.75. The largest absolute Gasteiger partial charge is 0.505 e. The lowest BCUT2D eigenvalue weighted by Gasteiger charge is -2.32. The molecule has 180 valence electrons. The van der Waals surface area contributed by atoms with Gasteiger partial charge < -0.3 is 10.8 Å². The van der Waals surface area contributed by atoms with Crippen molar-refractivity contribution in [2.45, 2.75) is 44.9 Å². The SMILES string of the molecule is CC(C)(C1=CCC=CC=C1)c1cc(C(C)(C)c2ccccc2)cc(N)c1O.N=C1C=CC=CC1=N. The van der Waals surface area contributed by atoms with E-state index in [0.29, 0.717) is 5.69 Å². The topological polar surface area (TPSA) is 93.9 Å². The molecule has 2 aromatic rings. The lowest BCUT2D eigenvalue weighted by molar-refractivity contribution is 0.454. The first kappa shape index (κ1) is 25.7. The summed E-state index contributed by atoms with van der Waals surface area (Å²) >= 11 is 0. The quantitative estimate of drug-likeness (QED) is 0.219. The van der Waals surface area contributed by atoms with E-state index in [1.54, 1.807) is 24.3 Å². The highest BCUT2D eigenvalue weighted by molar-refractivity contribution is 6.48. The molecule has 4 heteroatoms. The van der Waals surface area contributed by atoms with Crippen LogP contribution in [0.25, 0.3) is 0 Å². The number of rotatable bonds is 4. The number of benzene rings is 2. The van der Waals surface area contributed by atoms with Gasteiger partial charge in [-0.15, -0.1) is 0 Å². The first-order valence-corrected chi connectivity index (χ1v) is 11.8. The minimum absolute atomic E-state index is 0.180. The molecule has 0 saturated heterocycles. The van der Waals surface area contributed by atoms with Crippen molar-refractivity contribution in [1.82, 2.24) is 0 Å². The van der Waals surface area contributed by atoms with Crippen LogP contribution in [0.1, 0.15) is 50.8 Å². The first-order valence-electron chi connectivity index (χ1n) is 11.8. The second-order valence-corrected chi connectivity index (χ2v) is 9.81. The van der Waals surface area contributed by atoms with Crippen molar-refractivity contribution in [2.75, 3.05) is 5.73 Å². The monoisotopic (exact) mass is 465 g/mol. The van der Waals surface area contributed by atoms with Crippen LogP contribution in [0, 0.1) is 10.8 Å². The van der Waals surface area contributed by atoms with Gasteiger partial charge in [0.25, 0.3) is 0 Å². The molecule has 0 amide bonds. The highest BCUT2D eigenvalue weighted by atomic mass is 16.3. The summed E-state index contributed by atoms with van der Waals surface area (Å²) in [6, 6.07) is 14.4. The molecule has 0 bridgehead atoms. The molecule has 2 aliphatic rings. The fourth-order valence-electron chi connectivity index (χ4n) is 4.20. The van der Waals surface area contributed by atoms with Crippen LogP contribution >= 0.6 is 0 Å². The molecule has 4 rings (SSSR count). The fraction of sp³-hybridized carbons (Fsp3) is 0.226. The lowest BCUT2D eigenvalue weighted by Crippen LogP contribution is -2.24. The van der Waals surface area contributed by atoms with Crippen molar-refractivity contribution >= 4 is 17.1 Å². The van der Waals surface area contributed by atoms with Gasteiger partial charge in [0.2, 0.25) is 0 Å². The van der Waals surface area contributed by atoms with Crippen molar-refractivity contribution < 1.29 is 5.11 Å². The van der Waals surface area contributed by atoms with Gasteiger partial charge >= 0.3 is 0 Å². The van der Waals surface area contributed by atoms with Crippen molar-refractivity contribution in [2.24, 2.45) is 0 Å². The Bertz CT molecular complexity index is 1230. The minimum atomic E-state index is -0.358. The number of phenols is 1. The average Bonchev–Trinajstić information content (AvgIpc) is 3.14. The predicted molar refractivity (Wildman–Crippen MR) is 149 cm³/mol. The molecule has 2 aromatic carbocycles. The van der Waals surface area contributed by atoms with E-state index in [9.17, 15) is 5.11 Å². The van der Waals surface area contributed by atoms with E-state index < -0.39 is 0 Å². The molecule has 0 atom stereocenters. The van der Waals surface area contributed by atoms with Gasteiger partial charge in [0.05, 0.1) is 17.1 Å². The van der Waals surface area contributed by atoms with Gasteiger partial charge in [0.15, 0.2) is 0 Å². The summed E-state index contributed by atoms with van der Waals surface area (Å²) in [5, 5.41) is 24.9. The Hall–Kier alpha value is -3.92. The Morgan fingerprint density at radius 2 is 1.37 bits per heavy atom. The lowest BCUT2D eigenvalue weighted by atomic mass is 9.72. The average molecular weight is 466 g/mol. The number of anilines is 1. The van der Waals surface area contributed by atoms with Gasteiger partial charge in [-0.25, -0.2) is 0 Å². The first-order chi connectivity index (χ1) is 16.5. The molecule has 2 aliphatic carbocycles. The van der Waals surface area contributed by atoms with Gasteiger partial charge in [-0.2, -0.15) is 0 Å². The molecule has 0 radical (unpaired) electrons. The van der Waals surface area contributed by atoms with Gasteiger partial charge in [-0.05, 0) is 41.3 Å². The summed E-state index contributed by atoms with van der Waals surface area (Å²) in [5.74, 6) is 0.180. The van der Waals surface area contributed by atoms with Gasteiger partial charge in [-0.1, -0.05) is 107 Å². The third-order valence-corrected chi connectivity index (χ3v) is 6.68. The van der Waals surface area contributed by atoms with Crippen LogP contribution in [0.5, 0.6) is 5.75 Å². The van der Waals surface area contributed by atoms with Crippen LogP contribution in [0.2, 0.25) is 0 Å². The van der Waals surface area contributed by atoms with Crippen molar-refractivity contribution in [1.29, 1.82) is 10.8 Å². The zero-order valence-corrected chi connectivity index (χ0v) is 21.0. The predicted octanol–water partition coefficient (Wildman–Crippen LogP) is 7.17. The van der Waals surface area contributed by atoms with E-state index in [1.165, 1.54) is 11.1 Å². The van der Waals surface area contributed by atoms with Crippen LogP contribution in [0.4, 0.5) is 5.69 Å². The number of nitrogens with one attached hydrogen (secondary N) is 2. The Balaban J connectivity index is 0.000000363. The van der Waals surface area contributed by atoms with Crippen LogP contribution in [0.3, 0.4) is 0 Å². The fourth-order valence-corrected chi connectivity index (χ4v) is 4.20. The summed E-state index contributed by atoms with van der Waals surface area (Å²) in [6.07, 6.45) is 18.2. The number of hydrogen-bond acceptors (Lipinski definition) is 4. The van der Waals surface area contributed by atoms with Crippen LogP contribution in [0.15, 0.2) is 103 Å². The standard InChI is InChI=1S/C25H29NO.C6H6N2/c1-24(2,18-12-10-7-11-13-18)20-16-21(23(27)22(26)17-20)25(3,4)19-14-8-5-6-9-15-19;7-5-3-1-2-4-6(5)8/h5-8,10-17,27H,9,26H2,1-4H3;1-4,7-8H. The molecule has 5 N–H and O–H groups in total. The highest BCUT2D eigenvalue weighted by Crippen LogP contribution is 2.44. The van der Waals surface area contributed by atoms with E-state index in [4.69, 9.17) is 16.6 Å².